The summed E-state index contributed by atoms with van der Waals surface area (Å²) in [6.07, 6.45) is 0. The number of hydrogen-bond acceptors (Lipinski definition) is 4. The molecule has 13 heavy (non-hydrogen) atoms. The number of esters is 1. The summed E-state index contributed by atoms with van der Waals surface area (Å²) in [4.78, 5) is 11.4. The van der Waals surface area contributed by atoms with Crippen LogP contribution in [0, 0.1) is 11.3 Å². The van der Waals surface area contributed by atoms with Gasteiger partial charge in [0.1, 0.15) is 0 Å². The fourth-order valence-corrected chi connectivity index (χ4v) is 1.86. The van der Waals surface area contributed by atoms with Crippen LogP contribution in [0.1, 0.15) is 6.92 Å². The predicted octanol–water partition coefficient (Wildman–Crippen LogP) is 0.0315. The van der Waals surface area contributed by atoms with Gasteiger partial charge in [-0.2, -0.15) is 0 Å². The van der Waals surface area contributed by atoms with E-state index in [4.69, 9.17) is 9.47 Å². The maximum absolute atomic E-state index is 11.4. The third-order valence-corrected chi connectivity index (χ3v) is 2.68. The molecule has 0 bridgehead atoms. The van der Waals surface area contributed by atoms with Crippen LogP contribution in [0.2, 0.25) is 0 Å². The normalized spacial score (nSPS) is 33.3. The van der Waals surface area contributed by atoms with E-state index >= 15 is 0 Å². The lowest BCUT2D eigenvalue weighted by molar-refractivity contribution is -0.149. The molecular formula is C9H17NO3. The first kappa shape index (κ1) is 10.5. The largest absolute Gasteiger partial charge is 0.469 e. The third-order valence-electron chi connectivity index (χ3n) is 2.68. The average Bonchev–Trinajstić information content (AvgIpc) is 2.47. The van der Waals surface area contributed by atoms with Crippen LogP contribution in [0.3, 0.4) is 0 Å². The van der Waals surface area contributed by atoms with E-state index in [1.807, 2.05) is 6.92 Å². The third kappa shape index (κ3) is 2.00. The van der Waals surface area contributed by atoms with Crippen LogP contribution < -0.4 is 5.32 Å². The molecule has 1 saturated heterocycles. The lowest BCUT2D eigenvalue weighted by Gasteiger charge is -2.27. The van der Waals surface area contributed by atoms with E-state index in [1.165, 1.54) is 7.11 Å². The van der Waals surface area contributed by atoms with E-state index in [0.29, 0.717) is 13.2 Å². The van der Waals surface area contributed by atoms with Crippen molar-refractivity contribution in [1.82, 2.24) is 5.32 Å². The van der Waals surface area contributed by atoms with Crippen LogP contribution >= 0.6 is 0 Å². The Kier molecular flexibility index (Phi) is 3.27. The maximum atomic E-state index is 11.4. The highest BCUT2D eigenvalue weighted by Crippen LogP contribution is 2.31. The molecular weight excluding hydrogens is 170 g/mol. The number of ether oxygens (including phenoxy) is 2. The van der Waals surface area contributed by atoms with E-state index in [9.17, 15) is 4.79 Å². The molecule has 1 heterocycles. The molecule has 0 aromatic rings. The highest BCUT2D eigenvalue weighted by atomic mass is 16.5. The van der Waals surface area contributed by atoms with Crippen molar-refractivity contribution in [1.29, 1.82) is 0 Å². The topological polar surface area (TPSA) is 47.6 Å². The summed E-state index contributed by atoms with van der Waals surface area (Å²) in [6, 6.07) is 0. The number of hydrogen-bond donors (Lipinski definition) is 1. The summed E-state index contributed by atoms with van der Waals surface area (Å²) in [5.41, 5.74) is -0.123. The minimum Gasteiger partial charge on any atom is -0.469 e. The Bertz CT molecular complexity index is 195. The Morgan fingerprint density at radius 2 is 2.31 bits per heavy atom. The molecule has 1 N–H and O–H groups in total. The zero-order valence-corrected chi connectivity index (χ0v) is 8.42. The monoisotopic (exact) mass is 187 g/mol. The van der Waals surface area contributed by atoms with Gasteiger partial charge in [-0.3, -0.25) is 4.79 Å². The fraction of sp³-hybridized carbons (Fsp3) is 0.889. The lowest BCUT2D eigenvalue weighted by atomic mass is 9.81. The summed E-state index contributed by atoms with van der Waals surface area (Å²) in [7, 11) is 3.08. The van der Waals surface area contributed by atoms with Crippen molar-refractivity contribution in [3.63, 3.8) is 0 Å². The zero-order chi connectivity index (χ0) is 9.90. The molecule has 0 aromatic carbocycles. The van der Waals surface area contributed by atoms with Crippen LogP contribution in [0.5, 0.6) is 0 Å². The van der Waals surface area contributed by atoms with Crippen LogP contribution in [-0.4, -0.2) is 39.9 Å². The van der Waals surface area contributed by atoms with Gasteiger partial charge in [0.25, 0.3) is 0 Å². The molecule has 0 spiro atoms. The van der Waals surface area contributed by atoms with Gasteiger partial charge in [0, 0.05) is 25.6 Å². The van der Waals surface area contributed by atoms with Gasteiger partial charge in [0.2, 0.25) is 0 Å². The van der Waals surface area contributed by atoms with Gasteiger partial charge in [0.15, 0.2) is 0 Å². The number of methoxy groups -OCH3 is 2. The van der Waals surface area contributed by atoms with Crippen LogP contribution in [-0.2, 0) is 14.3 Å². The Balaban J connectivity index is 2.67. The average molecular weight is 187 g/mol. The van der Waals surface area contributed by atoms with Gasteiger partial charge in [-0.15, -0.1) is 0 Å². The molecule has 0 aliphatic carbocycles. The molecule has 0 amide bonds. The van der Waals surface area contributed by atoms with Crippen molar-refractivity contribution in [2.45, 2.75) is 6.92 Å². The number of carbonyl (C=O) groups is 1. The molecule has 4 heteroatoms. The Morgan fingerprint density at radius 3 is 2.85 bits per heavy atom. The summed E-state index contributed by atoms with van der Waals surface area (Å²) >= 11 is 0. The van der Waals surface area contributed by atoms with Crippen molar-refractivity contribution in [3.8, 4) is 0 Å². The summed E-state index contributed by atoms with van der Waals surface area (Å²) in [6.45, 7) is 4.12. The molecule has 2 unspecified atom stereocenters. The van der Waals surface area contributed by atoms with E-state index in [0.717, 1.165) is 6.54 Å². The van der Waals surface area contributed by atoms with Crippen molar-refractivity contribution >= 4 is 5.97 Å². The van der Waals surface area contributed by atoms with Gasteiger partial charge in [-0.25, -0.2) is 0 Å². The second kappa shape index (κ2) is 4.07. The minimum atomic E-state index is -0.149. The maximum Gasteiger partial charge on any atom is 0.310 e. The van der Waals surface area contributed by atoms with E-state index < -0.39 is 0 Å². The van der Waals surface area contributed by atoms with Crippen molar-refractivity contribution in [3.05, 3.63) is 0 Å². The number of rotatable bonds is 3. The van der Waals surface area contributed by atoms with Crippen LogP contribution in [0.25, 0.3) is 0 Å². The van der Waals surface area contributed by atoms with Gasteiger partial charge in [0.05, 0.1) is 19.6 Å². The van der Waals surface area contributed by atoms with Crippen LogP contribution in [0.4, 0.5) is 0 Å². The van der Waals surface area contributed by atoms with Gasteiger partial charge < -0.3 is 14.8 Å². The number of nitrogens with one attached hydrogen (secondary N) is 1. The SMILES string of the molecule is COCC1(C)CNCC1C(=O)OC. The quantitative estimate of drug-likeness (QED) is 0.633. The molecule has 1 aliphatic heterocycles. The van der Waals surface area contributed by atoms with Crippen molar-refractivity contribution in [2.24, 2.45) is 11.3 Å². The van der Waals surface area contributed by atoms with E-state index in [-0.39, 0.29) is 17.3 Å². The van der Waals surface area contributed by atoms with E-state index in [2.05, 4.69) is 5.32 Å². The second-order valence-corrected chi connectivity index (χ2v) is 3.79. The minimum absolute atomic E-state index is 0.0857. The Labute approximate surface area is 78.6 Å². The van der Waals surface area contributed by atoms with Crippen molar-refractivity contribution < 1.29 is 14.3 Å². The molecule has 1 aliphatic rings. The highest BCUT2D eigenvalue weighted by Gasteiger charge is 2.43. The zero-order valence-electron chi connectivity index (χ0n) is 8.42. The first-order valence-corrected chi connectivity index (χ1v) is 4.41. The lowest BCUT2D eigenvalue weighted by Crippen LogP contribution is -2.36. The first-order valence-electron chi connectivity index (χ1n) is 4.41. The molecule has 0 aromatic heterocycles. The predicted molar refractivity (Wildman–Crippen MR) is 48.4 cm³/mol. The number of carbonyl (C=O) groups excluding carboxylic acids is 1. The summed E-state index contributed by atoms with van der Waals surface area (Å²) < 4.78 is 9.85. The van der Waals surface area contributed by atoms with Gasteiger partial charge in [-0.1, -0.05) is 6.92 Å². The molecule has 1 fully saturated rings. The first-order chi connectivity index (χ1) is 6.14. The Hall–Kier alpha value is -0.610. The highest BCUT2D eigenvalue weighted by molar-refractivity contribution is 5.74. The standard InChI is InChI=1S/C9H17NO3/c1-9(6-12-2)5-10-4-7(9)8(11)13-3/h7,10H,4-6H2,1-3H3. The molecule has 0 radical (unpaired) electrons. The molecule has 1 rings (SSSR count). The summed E-state index contributed by atoms with van der Waals surface area (Å²) in [5, 5.41) is 3.18. The van der Waals surface area contributed by atoms with Crippen molar-refractivity contribution in [2.75, 3.05) is 33.9 Å². The second-order valence-electron chi connectivity index (χ2n) is 3.79. The fourth-order valence-electron chi connectivity index (χ4n) is 1.86. The Morgan fingerprint density at radius 1 is 1.62 bits per heavy atom. The molecule has 76 valence electrons. The summed E-state index contributed by atoms with van der Waals surface area (Å²) in [5.74, 6) is -0.234. The molecule has 2 atom stereocenters. The smallest absolute Gasteiger partial charge is 0.310 e. The van der Waals surface area contributed by atoms with Gasteiger partial charge >= 0.3 is 5.97 Å². The molecule has 4 nitrogen and oxygen atoms in total. The molecule has 0 saturated carbocycles. The van der Waals surface area contributed by atoms with Crippen LogP contribution in [0.15, 0.2) is 0 Å². The van der Waals surface area contributed by atoms with E-state index in [1.54, 1.807) is 7.11 Å². The van der Waals surface area contributed by atoms with Gasteiger partial charge in [-0.05, 0) is 0 Å².